The second-order valence-electron chi connectivity index (χ2n) is 8.81. The lowest BCUT2D eigenvalue weighted by atomic mass is 9.92. The first-order valence-electron chi connectivity index (χ1n) is 12.1. The standard InChI is InChI=1S/C31H26F3NO2/c32-31(33,34)37-27-17-15-25(16-18-27)28-14-8-7-13-26(28)21-29(24-11-5-2-6-12-24)30-35(19-20-36-30)22-23-9-3-1-4-10-23/h1-18H,19-22H2/b30-29-. The van der Waals surface area contributed by atoms with Gasteiger partial charge in [0.25, 0.3) is 0 Å². The van der Waals surface area contributed by atoms with E-state index in [2.05, 4.69) is 40.0 Å². The third kappa shape index (κ3) is 6.15. The summed E-state index contributed by atoms with van der Waals surface area (Å²) >= 11 is 0. The maximum absolute atomic E-state index is 12.6. The molecule has 0 aromatic heterocycles. The highest BCUT2D eigenvalue weighted by atomic mass is 19.4. The fourth-order valence-corrected chi connectivity index (χ4v) is 4.60. The minimum absolute atomic E-state index is 0.239. The molecule has 0 amide bonds. The second kappa shape index (κ2) is 10.8. The van der Waals surface area contributed by atoms with Crippen LogP contribution in [0.15, 0.2) is 115 Å². The van der Waals surface area contributed by atoms with E-state index < -0.39 is 6.36 Å². The van der Waals surface area contributed by atoms with E-state index >= 15 is 0 Å². The maximum atomic E-state index is 12.6. The third-order valence-corrected chi connectivity index (χ3v) is 6.27. The highest BCUT2D eigenvalue weighted by Crippen LogP contribution is 2.34. The highest BCUT2D eigenvalue weighted by molar-refractivity contribution is 5.75. The van der Waals surface area contributed by atoms with Gasteiger partial charge in [-0.2, -0.15) is 0 Å². The molecule has 0 N–H and O–H groups in total. The van der Waals surface area contributed by atoms with Crippen molar-refractivity contribution >= 4 is 5.57 Å². The van der Waals surface area contributed by atoms with E-state index in [1.54, 1.807) is 12.1 Å². The maximum Gasteiger partial charge on any atom is 0.573 e. The quantitative estimate of drug-likeness (QED) is 0.259. The lowest BCUT2D eigenvalue weighted by molar-refractivity contribution is -0.274. The molecule has 1 fully saturated rings. The molecule has 0 aliphatic carbocycles. The van der Waals surface area contributed by atoms with Crippen LogP contribution in [0.1, 0.15) is 16.7 Å². The van der Waals surface area contributed by atoms with Gasteiger partial charge in [0, 0.05) is 18.5 Å². The predicted molar refractivity (Wildman–Crippen MR) is 138 cm³/mol. The molecule has 3 nitrogen and oxygen atoms in total. The molecule has 1 saturated heterocycles. The Balaban J connectivity index is 1.50. The van der Waals surface area contributed by atoms with E-state index in [0.717, 1.165) is 46.8 Å². The Hall–Kier alpha value is -4.19. The zero-order valence-corrected chi connectivity index (χ0v) is 20.1. The normalized spacial score (nSPS) is 14.8. The third-order valence-electron chi connectivity index (χ3n) is 6.27. The van der Waals surface area contributed by atoms with Gasteiger partial charge in [-0.05, 0) is 39.9 Å². The number of hydrogen-bond acceptors (Lipinski definition) is 3. The minimum atomic E-state index is -4.72. The van der Waals surface area contributed by atoms with Gasteiger partial charge in [-0.1, -0.05) is 97.1 Å². The van der Waals surface area contributed by atoms with Crippen LogP contribution in [0, 0.1) is 0 Å². The molecule has 0 atom stereocenters. The van der Waals surface area contributed by atoms with Crippen molar-refractivity contribution in [2.24, 2.45) is 0 Å². The average molecular weight is 502 g/mol. The van der Waals surface area contributed by atoms with Gasteiger partial charge in [-0.3, -0.25) is 0 Å². The molecule has 1 heterocycles. The first-order chi connectivity index (χ1) is 18.0. The summed E-state index contributed by atoms with van der Waals surface area (Å²) in [6, 6.07) is 34.4. The molecule has 4 aromatic rings. The number of halogens is 3. The topological polar surface area (TPSA) is 21.7 Å². The van der Waals surface area contributed by atoms with E-state index in [1.165, 1.54) is 17.7 Å². The van der Waals surface area contributed by atoms with Crippen molar-refractivity contribution < 1.29 is 22.6 Å². The number of nitrogens with zero attached hydrogens (tertiary/aromatic N) is 1. The van der Waals surface area contributed by atoms with Gasteiger partial charge >= 0.3 is 6.36 Å². The monoisotopic (exact) mass is 501 g/mol. The first kappa shape index (κ1) is 24.5. The smallest absolute Gasteiger partial charge is 0.477 e. The number of hydrogen-bond donors (Lipinski definition) is 0. The molecule has 1 aliphatic heterocycles. The van der Waals surface area contributed by atoms with Crippen molar-refractivity contribution in [1.82, 2.24) is 4.90 Å². The molecule has 4 aromatic carbocycles. The zero-order valence-electron chi connectivity index (χ0n) is 20.1. The summed E-state index contributed by atoms with van der Waals surface area (Å²) in [4.78, 5) is 2.27. The molecule has 5 rings (SSSR count). The Morgan fingerprint density at radius 2 is 1.43 bits per heavy atom. The lowest BCUT2D eigenvalue weighted by Gasteiger charge is -2.22. The van der Waals surface area contributed by atoms with Crippen LogP contribution in [-0.2, 0) is 17.7 Å². The molecular weight excluding hydrogens is 475 g/mol. The molecule has 37 heavy (non-hydrogen) atoms. The fraction of sp³-hybridized carbons (Fsp3) is 0.161. The molecule has 0 spiro atoms. The molecule has 6 heteroatoms. The number of rotatable bonds is 7. The molecular formula is C31H26F3NO2. The Morgan fingerprint density at radius 3 is 2.14 bits per heavy atom. The van der Waals surface area contributed by atoms with Crippen LogP contribution in [-0.4, -0.2) is 24.4 Å². The highest BCUT2D eigenvalue weighted by Gasteiger charge is 2.31. The van der Waals surface area contributed by atoms with Gasteiger partial charge in [0.1, 0.15) is 12.4 Å². The fourth-order valence-electron chi connectivity index (χ4n) is 4.60. The van der Waals surface area contributed by atoms with E-state index in [9.17, 15) is 13.2 Å². The van der Waals surface area contributed by atoms with Crippen molar-refractivity contribution in [3.63, 3.8) is 0 Å². The number of benzene rings is 4. The Morgan fingerprint density at radius 1 is 0.784 bits per heavy atom. The van der Waals surface area contributed by atoms with Crippen molar-refractivity contribution in [2.45, 2.75) is 19.3 Å². The van der Waals surface area contributed by atoms with Crippen LogP contribution in [0.25, 0.3) is 16.7 Å². The summed E-state index contributed by atoms with van der Waals surface area (Å²) in [5.41, 5.74) is 6.16. The molecule has 1 aliphatic rings. The predicted octanol–water partition coefficient (Wildman–Crippen LogP) is 7.70. The number of alkyl halides is 3. The van der Waals surface area contributed by atoms with Gasteiger partial charge in [0.15, 0.2) is 5.88 Å². The summed E-state index contributed by atoms with van der Waals surface area (Å²) in [6.45, 7) is 2.15. The summed E-state index contributed by atoms with van der Waals surface area (Å²) in [7, 11) is 0. The molecule has 188 valence electrons. The van der Waals surface area contributed by atoms with Crippen molar-refractivity contribution in [1.29, 1.82) is 0 Å². The van der Waals surface area contributed by atoms with Crippen LogP contribution in [0.4, 0.5) is 13.2 Å². The lowest BCUT2D eigenvalue weighted by Crippen LogP contribution is -2.19. The van der Waals surface area contributed by atoms with Crippen molar-refractivity contribution in [3.8, 4) is 16.9 Å². The zero-order chi connectivity index (χ0) is 25.7. The van der Waals surface area contributed by atoms with Crippen LogP contribution in [0.2, 0.25) is 0 Å². The van der Waals surface area contributed by atoms with Crippen LogP contribution < -0.4 is 4.74 Å². The van der Waals surface area contributed by atoms with Gasteiger partial charge in [0.05, 0.1) is 6.54 Å². The average Bonchev–Trinajstić information content (AvgIpc) is 3.36. The van der Waals surface area contributed by atoms with Crippen LogP contribution in [0.3, 0.4) is 0 Å². The van der Waals surface area contributed by atoms with E-state index in [4.69, 9.17) is 4.74 Å². The van der Waals surface area contributed by atoms with Gasteiger partial charge in [0.2, 0.25) is 0 Å². The van der Waals surface area contributed by atoms with E-state index in [-0.39, 0.29) is 5.75 Å². The Bertz CT molecular complexity index is 1350. The van der Waals surface area contributed by atoms with Crippen LogP contribution in [0.5, 0.6) is 5.75 Å². The molecule has 0 unspecified atom stereocenters. The SMILES string of the molecule is FC(F)(F)Oc1ccc(-c2ccccc2C/C(=C2/OCCN2Cc2ccccc2)c2ccccc2)cc1. The van der Waals surface area contributed by atoms with Gasteiger partial charge < -0.3 is 14.4 Å². The van der Waals surface area contributed by atoms with Gasteiger partial charge in [-0.25, -0.2) is 0 Å². The van der Waals surface area contributed by atoms with E-state index in [0.29, 0.717) is 13.0 Å². The summed E-state index contributed by atoms with van der Waals surface area (Å²) < 4.78 is 48.1. The Kier molecular flexibility index (Phi) is 7.17. The van der Waals surface area contributed by atoms with Crippen LogP contribution >= 0.6 is 0 Å². The number of allylic oxidation sites excluding steroid dienone is 1. The summed E-state index contributed by atoms with van der Waals surface area (Å²) in [5.74, 6) is 0.621. The first-order valence-corrected chi connectivity index (χ1v) is 12.1. The molecule has 0 bridgehead atoms. The number of ether oxygens (including phenoxy) is 2. The summed E-state index contributed by atoms with van der Waals surface area (Å²) in [5, 5.41) is 0. The molecule has 0 radical (unpaired) electrons. The van der Waals surface area contributed by atoms with E-state index in [1.807, 2.05) is 54.6 Å². The largest absolute Gasteiger partial charge is 0.573 e. The van der Waals surface area contributed by atoms with Gasteiger partial charge in [-0.15, -0.1) is 13.2 Å². The molecule has 0 saturated carbocycles. The summed E-state index contributed by atoms with van der Waals surface area (Å²) in [6.07, 6.45) is -4.12. The van der Waals surface area contributed by atoms with Crippen molar-refractivity contribution in [3.05, 3.63) is 132 Å². The Labute approximate surface area is 214 Å². The van der Waals surface area contributed by atoms with Crippen molar-refractivity contribution in [2.75, 3.05) is 13.2 Å². The second-order valence-corrected chi connectivity index (χ2v) is 8.81. The minimum Gasteiger partial charge on any atom is -0.477 e.